The normalized spacial score (nSPS) is 13.0. The Bertz CT molecular complexity index is 782. The summed E-state index contributed by atoms with van der Waals surface area (Å²) in [4.78, 5) is -0.429. The minimum absolute atomic E-state index is 0.0804. The number of phenolic OH excluding ortho intramolecular Hbond substituents is 1. The number of rotatable bonds is 6. The van der Waals surface area contributed by atoms with Crippen LogP contribution in [0.4, 0.5) is 0 Å². The Balaban J connectivity index is 2.26. The van der Waals surface area contributed by atoms with Gasteiger partial charge >= 0.3 is 0 Å². The molecule has 1 atom stereocenters. The second kappa shape index (κ2) is 7.51. The van der Waals surface area contributed by atoms with Crippen molar-refractivity contribution in [1.29, 1.82) is 0 Å². The summed E-state index contributed by atoms with van der Waals surface area (Å²) in [6, 6.07) is 10.7. The standard InChI is InChI=1S/C15H15Cl2NO4S/c16-11-7-13(17)15(20)14(8-11)23(21,22)18-12(9-19)6-10-4-2-1-3-5-10/h1-5,7-8,12,18-20H,6,9H2/t12-/m0/s1. The van der Waals surface area contributed by atoms with Crippen LogP contribution in [0.15, 0.2) is 47.4 Å². The van der Waals surface area contributed by atoms with Gasteiger partial charge in [0.1, 0.15) is 4.90 Å². The number of nitrogens with one attached hydrogen (secondary N) is 1. The minimum Gasteiger partial charge on any atom is -0.505 e. The van der Waals surface area contributed by atoms with Crippen molar-refractivity contribution in [2.45, 2.75) is 17.4 Å². The summed E-state index contributed by atoms with van der Waals surface area (Å²) in [5, 5.41) is 19.2. The van der Waals surface area contributed by atoms with E-state index in [-0.39, 0.29) is 10.0 Å². The van der Waals surface area contributed by atoms with Gasteiger partial charge in [-0.05, 0) is 24.1 Å². The molecule has 0 spiro atoms. The van der Waals surface area contributed by atoms with Crippen LogP contribution in [0, 0.1) is 0 Å². The van der Waals surface area contributed by atoms with Crippen LogP contribution in [-0.2, 0) is 16.4 Å². The van der Waals surface area contributed by atoms with Crippen molar-refractivity contribution in [1.82, 2.24) is 4.72 Å². The third-order valence-corrected chi connectivity index (χ3v) is 5.19. The van der Waals surface area contributed by atoms with Crippen molar-refractivity contribution in [3.63, 3.8) is 0 Å². The molecule has 0 aliphatic heterocycles. The van der Waals surface area contributed by atoms with Crippen molar-refractivity contribution in [2.75, 3.05) is 6.61 Å². The van der Waals surface area contributed by atoms with Crippen molar-refractivity contribution in [2.24, 2.45) is 0 Å². The minimum atomic E-state index is -4.10. The van der Waals surface area contributed by atoms with Crippen LogP contribution < -0.4 is 4.72 Å². The van der Waals surface area contributed by atoms with Crippen LogP contribution in [-0.4, -0.2) is 31.3 Å². The van der Waals surface area contributed by atoms with E-state index < -0.39 is 33.3 Å². The molecule has 0 amide bonds. The molecule has 0 aliphatic carbocycles. The second-order valence-corrected chi connectivity index (χ2v) is 7.45. The molecule has 0 bridgehead atoms. The van der Waals surface area contributed by atoms with Gasteiger partial charge in [-0.3, -0.25) is 0 Å². The van der Waals surface area contributed by atoms with Crippen molar-refractivity contribution >= 4 is 33.2 Å². The monoisotopic (exact) mass is 375 g/mol. The number of aromatic hydroxyl groups is 1. The van der Waals surface area contributed by atoms with Gasteiger partial charge in [-0.15, -0.1) is 0 Å². The maximum atomic E-state index is 12.4. The van der Waals surface area contributed by atoms with Gasteiger partial charge in [-0.25, -0.2) is 13.1 Å². The zero-order valence-corrected chi connectivity index (χ0v) is 14.2. The van der Waals surface area contributed by atoms with Gasteiger partial charge in [0.2, 0.25) is 10.0 Å². The lowest BCUT2D eigenvalue weighted by Gasteiger charge is -2.17. The lowest BCUT2D eigenvalue weighted by Crippen LogP contribution is -2.39. The number of sulfonamides is 1. The number of hydrogen-bond donors (Lipinski definition) is 3. The molecule has 23 heavy (non-hydrogen) atoms. The summed E-state index contributed by atoms with van der Waals surface area (Å²) in [5.74, 6) is -0.583. The molecule has 0 aromatic heterocycles. The van der Waals surface area contributed by atoms with Crippen LogP contribution in [0.25, 0.3) is 0 Å². The summed E-state index contributed by atoms with van der Waals surface area (Å²) < 4.78 is 27.2. The molecule has 2 rings (SSSR count). The number of aliphatic hydroxyl groups excluding tert-OH is 1. The summed E-state index contributed by atoms with van der Waals surface area (Å²) in [6.45, 7) is -0.400. The maximum Gasteiger partial charge on any atom is 0.244 e. The summed E-state index contributed by atoms with van der Waals surface area (Å²) in [7, 11) is -4.10. The SMILES string of the molecule is O=S(=O)(N[C@H](CO)Cc1ccccc1)c1cc(Cl)cc(Cl)c1O. The Hall–Kier alpha value is -1.31. The molecule has 5 nitrogen and oxygen atoms in total. The fourth-order valence-corrected chi connectivity index (χ4v) is 4.06. The van der Waals surface area contributed by atoms with Crippen LogP contribution in [0.2, 0.25) is 10.0 Å². The van der Waals surface area contributed by atoms with E-state index in [0.29, 0.717) is 6.42 Å². The Kier molecular flexibility index (Phi) is 5.89. The maximum absolute atomic E-state index is 12.4. The molecule has 0 saturated heterocycles. The number of hydrogen-bond acceptors (Lipinski definition) is 4. The zero-order chi connectivity index (χ0) is 17.0. The first-order valence-electron chi connectivity index (χ1n) is 6.68. The number of phenols is 1. The molecule has 0 aliphatic rings. The van der Waals surface area contributed by atoms with Crippen LogP contribution >= 0.6 is 23.2 Å². The quantitative estimate of drug-likeness (QED) is 0.723. The number of aliphatic hydroxyl groups is 1. The van der Waals surface area contributed by atoms with Gasteiger partial charge in [-0.1, -0.05) is 53.5 Å². The van der Waals surface area contributed by atoms with E-state index in [0.717, 1.165) is 11.6 Å². The first-order valence-corrected chi connectivity index (χ1v) is 8.92. The third-order valence-electron chi connectivity index (χ3n) is 3.15. The highest BCUT2D eigenvalue weighted by Gasteiger charge is 2.25. The first-order chi connectivity index (χ1) is 10.8. The second-order valence-electron chi connectivity index (χ2n) is 4.92. The molecular weight excluding hydrogens is 361 g/mol. The molecule has 0 heterocycles. The van der Waals surface area contributed by atoms with Gasteiger partial charge in [-0.2, -0.15) is 0 Å². The predicted molar refractivity (Wildman–Crippen MR) is 89.5 cm³/mol. The summed E-state index contributed by atoms with van der Waals surface area (Å²) >= 11 is 11.5. The Morgan fingerprint density at radius 2 is 1.78 bits per heavy atom. The number of halogens is 2. The number of benzene rings is 2. The van der Waals surface area contributed by atoms with Crippen LogP contribution in [0.3, 0.4) is 0 Å². The van der Waals surface area contributed by atoms with Gasteiger partial charge in [0.05, 0.1) is 11.6 Å². The summed E-state index contributed by atoms with van der Waals surface area (Å²) in [5.41, 5.74) is 0.864. The molecule has 3 N–H and O–H groups in total. The van der Waals surface area contributed by atoms with E-state index in [4.69, 9.17) is 23.2 Å². The average Bonchev–Trinajstić information content (AvgIpc) is 2.50. The van der Waals surface area contributed by atoms with E-state index in [1.807, 2.05) is 30.3 Å². The smallest absolute Gasteiger partial charge is 0.244 e. The fraction of sp³-hybridized carbons (Fsp3) is 0.200. The molecule has 2 aromatic rings. The molecule has 8 heteroatoms. The van der Waals surface area contributed by atoms with Crippen molar-refractivity contribution in [3.8, 4) is 5.75 Å². The lowest BCUT2D eigenvalue weighted by atomic mass is 10.1. The van der Waals surface area contributed by atoms with E-state index in [2.05, 4.69) is 4.72 Å². The van der Waals surface area contributed by atoms with Crippen LogP contribution in [0.5, 0.6) is 5.75 Å². The summed E-state index contributed by atoms with van der Waals surface area (Å²) in [6.07, 6.45) is 0.297. The lowest BCUT2D eigenvalue weighted by molar-refractivity contribution is 0.256. The Morgan fingerprint density at radius 1 is 1.13 bits per heavy atom. The average molecular weight is 376 g/mol. The highest BCUT2D eigenvalue weighted by atomic mass is 35.5. The highest BCUT2D eigenvalue weighted by Crippen LogP contribution is 2.34. The molecule has 0 radical (unpaired) electrons. The fourth-order valence-electron chi connectivity index (χ4n) is 2.07. The van der Waals surface area contributed by atoms with Gasteiger partial charge in [0, 0.05) is 11.1 Å². The molecule has 0 saturated carbocycles. The van der Waals surface area contributed by atoms with E-state index in [9.17, 15) is 18.6 Å². The van der Waals surface area contributed by atoms with E-state index in [1.165, 1.54) is 6.07 Å². The van der Waals surface area contributed by atoms with Crippen LogP contribution in [0.1, 0.15) is 5.56 Å². The molecule has 124 valence electrons. The van der Waals surface area contributed by atoms with Crippen molar-refractivity contribution < 1.29 is 18.6 Å². The van der Waals surface area contributed by atoms with E-state index in [1.54, 1.807) is 0 Å². The third kappa shape index (κ3) is 4.59. The van der Waals surface area contributed by atoms with E-state index >= 15 is 0 Å². The highest BCUT2D eigenvalue weighted by molar-refractivity contribution is 7.89. The van der Waals surface area contributed by atoms with Crippen molar-refractivity contribution in [3.05, 3.63) is 58.1 Å². The molecular formula is C15H15Cl2NO4S. The topological polar surface area (TPSA) is 86.6 Å². The first kappa shape index (κ1) is 18.0. The predicted octanol–water partition coefficient (Wildman–Crippen LogP) is 2.58. The molecule has 2 aromatic carbocycles. The zero-order valence-electron chi connectivity index (χ0n) is 11.9. The molecule has 0 fully saturated rings. The Labute approximate surface area is 144 Å². The van der Waals surface area contributed by atoms with Gasteiger partial charge < -0.3 is 10.2 Å². The molecule has 0 unspecified atom stereocenters. The van der Waals surface area contributed by atoms with Gasteiger partial charge in [0.25, 0.3) is 0 Å². The largest absolute Gasteiger partial charge is 0.505 e. The Morgan fingerprint density at radius 3 is 2.39 bits per heavy atom. The van der Waals surface area contributed by atoms with Gasteiger partial charge in [0.15, 0.2) is 5.75 Å².